The number of likely N-dealkylation sites (tertiary alicyclic amines) is 1. The van der Waals surface area contributed by atoms with Crippen molar-refractivity contribution in [1.82, 2.24) is 14.9 Å². The first kappa shape index (κ1) is 21.1. The molecule has 2 aliphatic heterocycles. The molecule has 2 saturated heterocycles. The number of rotatable bonds is 5. The highest BCUT2D eigenvalue weighted by Gasteiger charge is 2.18. The van der Waals surface area contributed by atoms with E-state index in [1.54, 1.807) is 6.20 Å². The van der Waals surface area contributed by atoms with Crippen molar-refractivity contribution in [3.63, 3.8) is 0 Å². The lowest BCUT2D eigenvalue weighted by atomic mass is 10.1. The Morgan fingerprint density at radius 1 is 0.909 bits per heavy atom. The second-order valence-corrected chi connectivity index (χ2v) is 8.56. The molecule has 0 spiro atoms. The fraction of sp³-hybridized carbons (Fsp3) is 0.320. The van der Waals surface area contributed by atoms with Crippen LogP contribution in [-0.2, 0) is 0 Å². The Kier molecular flexibility index (Phi) is 5.97. The first-order valence-electron chi connectivity index (χ1n) is 11.6. The van der Waals surface area contributed by atoms with E-state index in [1.807, 2.05) is 41.3 Å². The number of nitrogens with one attached hydrogen (secondary N) is 2. The summed E-state index contributed by atoms with van der Waals surface area (Å²) in [5, 5.41) is 6.21. The van der Waals surface area contributed by atoms with Crippen LogP contribution in [0, 0.1) is 0 Å². The third-order valence-electron chi connectivity index (χ3n) is 6.19. The lowest BCUT2D eigenvalue weighted by Crippen LogP contribution is -2.32. The molecule has 0 bridgehead atoms. The predicted octanol–water partition coefficient (Wildman–Crippen LogP) is 4.70. The van der Waals surface area contributed by atoms with Gasteiger partial charge in [0.15, 0.2) is 0 Å². The summed E-state index contributed by atoms with van der Waals surface area (Å²) < 4.78 is 0. The molecule has 0 unspecified atom stereocenters. The molecule has 0 atom stereocenters. The Bertz CT molecular complexity index is 1140. The molecule has 2 amide bonds. The smallest absolute Gasteiger partial charge is 0.321 e. The zero-order valence-electron chi connectivity index (χ0n) is 18.6. The summed E-state index contributed by atoms with van der Waals surface area (Å²) in [5.41, 5.74) is 11.5. The molecule has 3 aromatic rings. The number of hydrogen-bond donors (Lipinski definition) is 3. The number of benzene rings is 2. The van der Waals surface area contributed by atoms with Crippen molar-refractivity contribution in [2.24, 2.45) is 0 Å². The number of hydrogen-bond acceptors (Lipinski definition) is 6. The molecule has 0 aliphatic carbocycles. The van der Waals surface area contributed by atoms with E-state index in [1.165, 1.54) is 12.8 Å². The summed E-state index contributed by atoms with van der Waals surface area (Å²) in [4.78, 5) is 25.6. The first-order valence-corrected chi connectivity index (χ1v) is 11.6. The zero-order chi connectivity index (χ0) is 22.6. The van der Waals surface area contributed by atoms with E-state index in [0.717, 1.165) is 73.0 Å². The molecular formula is C25H29N7O. The maximum absolute atomic E-state index is 12.4. The van der Waals surface area contributed by atoms with Gasteiger partial charge < -0.3 is 26.2 Å². The molecule has 2 fully saturated rings. The number of amides is 2. The fourth-order valence-electron chi connectivity index (χ4n) is 4.47. The molecule has 2 aliphatic rings. The van der Waals surface area contributed by atoms with Crippen molar-refractivity contribution < 1.29 is 4.79 Å². The maximum atomic E-state index is 12.4. The average molecular weight is 444 g/mol. The maximum Gasteiger partial charge on any atom is 0.321 e. The van der Waals surface area contributed by atoms with Crippen LogP contribution < -0.4 is 21.3 Å². The second kappa shape index (κ2) is 9.36. The minimum absolute atomic E-state index is 0.0575. The van der Waals surface area contributed by atoms with Crippen LogP contribution in [0.2, 0.25) is 0 Å². The second-order valence-electron chi connectivity index (χ2n) is 8.56. The van der Waals surface area contributed by atoms with Gasteiger partial charge in [-0.1, -0.05) is 12.1 Å². The number of urea groups is 1. The summed E-state index contributed by atoms with van der Waals surface area (Å²) in [7, 11) is 0. The molecule has 1 aromatic heterocycles. The van der Waals surface area contributed by atoms with E-state index in [-0.39, 0.29) is 6.03 Å². The van der Waals surface area contributed by atoms with Gasteiger partial charge in [0.2, 0.25) is 5.95 Å². The third-order valence-corrected chi connectivity index (χ3v) is 6.19. The van der Waals surface area contributed by atoms with Gasteiger partial charge in [0, 0.05) is 49.3 Å². The van der Waals surface area contributed by atoms with Crippen LogP contribution in [0.15, 0.2) is 54.7 Å². The summed E-state index contributed by atoms with van der Waals surface area (Å²) in [5.74, 6) is 0.484. The molecule has 5 rings (SSSR count). The monoisotopic (exact) mass is 443 g/mol. The number of carbonyl (C=O) groups is 1. The SMILES string of the molecule is Nc1cc(-c2ccnc(Nc3cccc(NC(=O)N4CCCC4)c3)n2)ccc1N1CCCC1. The van der Waals surface area contributed by atoms with E-state index >= 15 is 0 Å². The van der Waals surface area contributed by atoms with Crippen molar-refractivity contribution in [2.75, 3.05) is 47.4 Å². The Labute approximate surface area is 193 Å². The van der Waals surface area contributed by atoms with Crippen molar-refractivity contribution in [3.05, 3.63) is 54.7 Å². The predicted molar refractivity (Wildman–Crippen MR) is 133 cm³/mol. The van der Waals surface area contributed by atoms with Gasteiger partial charge in [-0.25, -0.2) is 14.8 Å². The van der Waals surface area contributed by atoms with E-state index in [0.29, 0.717) is 5.95 Å². The van der Waals surface area contributed by atoms with Crippen molar-refractivity contribution >= 4 is 34.7 Å². The molecule has 33 heavy (non-hydrogen) atoms. The van der Waals surface area contributed by atoms with E-state index in [4.69, 9.17) is 5.73 Å². The topological polar surface area (TPSA) is 99.4 Å². The van der Waals surface area contributed by atoms with Gasteiger partial charge >= 0.3 is 6.03 Å². The van der Waals surface area contributed by atoms with Crippen molar-refractivity contribution in [1.29, 1.82) is 0 Å². The van der Waals surface area contributed by atoms with Gasteiger partial charge in [-0.05, 0) is 62.1 Å². The Hall–Kier alpha value is -3.81. The van der Waals surface area contributed by atoms with Crippen LogP contribution in [0.4, 0.5) is 33.5 Å². The molecule has 4 N–H and O–H groups in total. The van der Waals surface area contributed by atoms with E-state index < -0.39 is 0 Å². The Balaban J connectivity index is 1.30. The molecule has 8 nitrogen and oxygen atoms in total. The fourth-order valence-corrected chi connectivity index (χ4v) is 4.47. The largest absolute Gasteiger partial charge is 0.397 e. The molecule has 170 valence electrons. The number of carbonyl (C=O) groups excluding carboxylic acids is 1. The highest BCUT2D eigenvalue weighted by Crippen LogP contribution is 2.31. The molecular weight excluding hydrogens is 414 g/mol. The van der Waals surface area contributed by atoms with Gasteiger partial charge in [-0.15, -0.1) is 0 Å². The molecule has 0 saturated carbocycles. The molecule has 0 radical (unpaired) electrons. The summed E-state index contributed by atoms with van der Waals surface area (Å²) in [6.45, 7) is 3.74. The number of aromatic nitrogens is 2. The normalized spacial score (nSPS) is 15.6. The number of nitrogens with two attached hydrogens (primary N) is 1. The van der Waals surface area contributed by atoms with Crippen LogP contribution in [0.25, 0.3) is 11.3 Å². The highest BCUT2D eigenvalue weighted by atomic mass is 16.2. The number of nitrogens with zero attached hydrogens (tertiary/aromatic N) is 4. The molecule has 3 heterocycles. The minimum Gasteiger partial charge on any atom is -0.397 e. The van der Waals surface area contributed by atoms with Crippen LogP contribution in [-0.4, -0.2) is 47.1 Å². The van der Waals surface area contributed by atoms with Crippen LogP contribution >= 0.6 is 0 Å². The van der Waals surface area contributed by atoms with Gasteiger partial charge in [0.25, 0.3) is 0 Å². The first-order chi connectivity index (χ1) is 16.2. The summed E-state index contributed by atoms with van der Waals surface area (Å²) in [6.07, 6.45) is 6.29. The van der Waals surface area contributed by atoms with Gasteiger partial charge in [0.05, 0.1) is 17.1 Å². The quantitative estimate of drug-likeness (QED) is 0.495. The third kappa shape index (κ3) is 4.84. The highest BCUT2D eigenvalue weighted by molar-refractivity contribution is 5.90. The summed E-state index contributed by atoms with van der Waals surface area (Å²) in [6, 6.07) is 15.5. The lowest BCUT2D eigenvalue weighted by Gasteiger charge is -2.20. The van der Waals surface area contributed by atoms with E-state index in [9.17, 15) is 4.79 Å². The van der Waals surface area contributed by atoms with Crippen LogP contribution in [0.5, 0.6) is 0 Å². The minimum atomic E-state index is -0.0575. The average Bonchev–Trinajstić information content (AvgIpc) is 3.54. The van der Waals surface area contributed by atoms with Crippen LogP contribution in [0.1, 0.15) is 25.7 Å². The molecule has 2 aromatic carbocycles. The Morgan fingerprint density at radius 3 is 2.45 bits per heavy atom. The number of nitrogen functional groups attached to an aromatic ring is 1. The van der Waals surface area contributed by atoms with Crippen molar-refractivity contribution in [2.45, 2.75) is 25.7 Å². The van der Waals surface area contributed by atoms with Crippen LogP contribution in [0.3, 0.4) is 0 Å². The molecule has 8 heteroatoms. The standard InChI is InChI=1S/C25H29N7O/c26-21-16-18(8-9-23(21)31-12-1-2-13-31)22-10-11-27-24(30-22)28-19-6-5-7-20(17-19)29-25(33)32-14-3-4-15-32/h5-11,16-17H,1-4,12-15,26H2,(H,29,33)(H,27,28,30). The zero-order valence-corrected chi connectivity index (χ0v) is 18.6. The van der Waals surface area contributed by atoms with E-state index in [2.05, 4.69) is 37.6 Å². The van der Waals surface area contributed by atoms with Gasteiger partial charge in [-0.2, -0.15) is 0 Å². The lowest BCUT2D eigenvalue weighted by molar-refractivity contribution is 0.222. The van der Waals surface area contributed by atoms with Crippen molar-refractivity contribution in [3.8, 4) is 11.3 Å². The Morgan fingerprint density at radius 2 is 1.67 bits per heavy atom. The van der Waals surface area contributed by atoms with Gasteiger partial charge in [0.1, 0.15) is 0 Å². The summed E-state index contributed by atoms with van der Waals surface area (Å²) >= 11 is 0. The van der Waals surface area contributed by atoms with Gasteiger partial charge in [-0.3, -0.25) is 0 Å². The number of anilines is 5.